The van der Waals surface area contributed by atoms with Gasteiger partial charge in [-0.2, -0.15) is 0 Å². The fourth-order valence-corrected chi connectivity index (χ4v) is 5.13. The Morgan fingerprint density at radius 2 is 1.86 bits per heavy atom. The Bertz CT molecular complexity index is 1400. The molecule has 1 aromatic heterocycles. The third-order valence-corrected chi connectivity index (χ3v) is 7.05. The Balaban J connectivity index is 1.17. The number of nitrogens with one attached hydrogen (secondary N) is 3. The van der Waals surface area contributed by atoms with E-state index in [2.05, 4.69) is 52.9 Å². The molecular weight excluding hydrogens is 438 g/mol. The van der Waals surface area contributed by atoms with Gasteiger partial charge in [0.2, 0.25) is 11.7 Å². The van der Waals surface area contributed by atoms with Crippen molar-refractivity contribution in [3.8, 4) is 16.9 Å². The average molecular weight is 468 g/mol. The molecule has 3 heterocycles. The number of fused-ring (bicyclic) bond motifs is 2. The fraction of sp³-hybridized carbons (Fsp3) is 0.276. The first-order valence-corrected chi connectivity index (χ1v) is 12.2. The first-order chi connectivity index (χ1) is 17.1. The van der Waals surface area contributed by atoms with Crippen LogP contribution in [-0.2, 0) is 22.6 Å². The molecule has 1 amide bonds. The summed E-state index contributed by atoms with van der Waals surface area (Å²) in [5, 5.41) is 7.52. The van der Waals surface area contributed by atoms with Crippen molar-refractivity contribution in [1.82, 2.24) is 10.3 Å². The van der Waals surface area contributed by atoms with E-state index in [1.165, 1.54) is 5.56 Å². The van der Waals surface area contributed by atoms with Crippen LogP contribution in [0, 0.1) is 6.92 Å². The highest BCUT2D eigenvalue weighted by Crippen LogP contribution is 2.38. The van der Waals surface area contributed by atoms with E-state index in [9.17, 15) is 4.79 Å². The second-order valence-corrected chi connectivity index (χ2v) is 9.49. The van der Waals surface area contributed by atoms with Gasteiger partial charge in [0.05, 0.1) is 13.0 Å². The molecule has 0 bridgehead atoms. The molecule has 1 saturated heterocycles. The smallest absolute Gasteiger partial charge is 0.228 e. The van der Waals surface area contributed by atoms with Gasteiger partial charge in [0.1, 0.15) is 5.75 Å². The van der Waals surface area contributed by atoms with Gasteiger partial charge < -0.3 is 25.1 Å². The lowest BCUT2D eigenvalue weighted by Gasteiger charge is -2.41. The highest BCUT2D eigenvalue weighted by molar-refractivity contribution is 5.96. The largest absolute Gasteiger partial charge is 0.462 e. The van der Waals surface area contributed by atoms with E-state index >= 15 is 0 Å². The molecule has 1 spiro atoms. The first kappa shape index (κ1) is 21.9. The van der Waals surface area contributed by atoms with Crippen molar-refractivity contribution in [3.05, 3.63) is 83.6 Å². The maximum atomic E-state index is 12.8. The lowest BCUT2D eigenvalue weighted by atomic mass is 9.99. The molecule has 0 unspecified atom stereocenters. The summed E-state index contributed by atoms with van der Waals surface area (Å²) < 4.78 is 12.5. The van der Waals surface area contributed by atoms with Crippen molar-refractivity contribution in [2.45, 2.75) is 38.6 Å². The Morgan fingerprint density at radius 1 is 1.03 bits per heavy atom. The SMILES string of the molecule is Cc1cccc2c(CC(=O)Nc3cccc(-c4ccc5c(c4)COC4(CCNCC4)O5)c3)c[nH]c12. The molecule has 178 valence electrons. The number of amides is 1. The van der Waals surface area contributed by atoms with Gasteiger partial charge in [-0.05, 0) is 53.4 Å². The molecule has 0 radical (unpaired) electrons. The molecule has 6 nitrogen and oxygen atoms in total. The average Bonchev–Trinajstić information content (AvgIpc) is 3.28. The van der Waals surface area contributed by atoms with Crippen LogP contribution >= 0.6 is 0 Å². The lowest BCUT2D eigenvalue weighted by Crippen LogP contribution is -2.49. The number of aromatic nitrogens is 1. The van der Waals surface area contributed by atoms with E-state index in [4.69, 9.17) is 9.47 Å². The van der Waals surface area contributed by atoms with Crippen LogP contribution in [0.1, 0.15) is 29.5 Å². The summed E-state index contributed by atoms with van der Waals surface area (Å²) in [6, 6.07) is 20.3. The van der Waals surface area contributed by atoms with Crippen molar-refractivity contribution in [2.75, 3.05) is 18.4 Å². The van der Waals surface area contributed by atoms with Gasteiger partial charge in [-0.1, -0.05) is 36.4 Å². The number of hydrogen-bond acceptors (Lipinski definition) is 4. The highest BCUT2D eigenvalue weighted by Gasteiger charge is 2.38. The number of benzene rings is 3. The maximum absolute atomic E-state index is 12.8. The minimum absolute atomic E-state index is 0.0379. The summed E-state index contributed by atoms with van der Waals surface area (Å²) in [4.78, 5) is 16.1. The molecule has 0 saturated carbocycles. The number of hydrogen-bond donors (Lipinski definition) is 3. The Hall–Kier alpha value is -3.61. The summed E-state index contributed by atoms with van der Waals surface area (Å²) >= 11 is 0. The summed E-state index contributed by atoms with van der Waals surface area (Å²) in [5.74, 6) is 0.373. The van der Waals surface area contributed by atoms with Gasteiger partial charge in [-0.25, -0.2) is 0 Å². The van der Waals surface area contributed by atoms with Gasteiger partial charge in [0.15, 0.2) is 0 Å². The summed E-state index contributed by atoms with van der Waals surface area (Å²) in [7, 11) is 0. The molecule has 2 aliphatic rings. The van der Waals surface area contributed by atoms with E-state index in [0.29, 0.717) is 13.0 Å². The molecule has 4 aromatic rings. The van der Waals surface area contributed by atoms with Crippen LogP contribution in [0.25, 0.3) is 22.0 Å². The highest BCUT2D eigenvalue weighted by atomic mass is 16.7. The number of H-pyrrole nitrogens is 1. The van der Waals surface area contributed by atoms with Crippen LogP contribution in [0.4, 0.5) is 5.69 Å². The van der Waals surface area contributed by atoms with E-state index in [1.54, 1.807) is 0 Å². The van der Waals surface area contributed by atoms with Gasteiger partial charge >= 0.3 is 0 Å². The standard InChI is InChI=1S/C29H29N3O3/c1-19-4-2-7-25-22(17-31-28(19)25)16-27(33)32-24-6-3-5-20(15-24)21-8-9-26-23(14-21)18-34-29(35-26)10-12-30-13-11-29/h2-9,14-15,17,30-31H,10-13,16,18H2,1H3,(H,32,33). The van der Waals surface area contributed by atoms with Gasteiger partial charge in [0.25, 0.3) is 0 Å². The number of carbonyl (C=O) groups excluding carboxylic acids is 1. The number of piperidine rings is 1. The summed E-state index contributed by atoms with van der Waals surface area (Å²) in [6.45, 7) is 4.43. The number of rotatable bonds is 4. The number of para-hydroxylation sites is 1. The minimum atomic E-state index is -0.493. The lowest BCUT2D eigenvalue weighted by molar-refractivity contribution is -0.218. The van der Waals surface area contributed by atoms with Crippen LogP contribution < -0.4 is 15.4 Å². The molecule has 2 aliphatic heterocycles. The molecule has 35 heavy (non-hydrogen) atoms. The predicted octanol–water partition coefficient (Wildman–Crippen LogP) is 5.31. The number of ether oxygens (including phenoxy) is 2. The van der Waals surface area contributed by atoms with Crippen LogP contribution in [0.3, 0.4) is 0 Å². The molecule has 1 fully saturated rings. The predicted molar refractivity (Wildman–Crippen MR) is 137 cm³/mol. The zero-order chi connectivity index (χ0) is 23.8. The number of carbonyl (C=O) groups is 1. The van der Waals surface area contributed by atoms with Crippen LogP contribution in [-0.4, -0.2) is 29.8 Å². The van der Waals surface area contributed by atoms with Crippen molar-refractivity contribution in [2.24, 2.45) is 0 Å². The molecule has 3 aromatic carbocycles. The Kier molecular flexibility index (Phi) is 5.55. The number of aromatic amines is 1. The quantitative estimate of drug-likeness (QED) is 0.380. The Labute approximate surface area is 204 Å². The second-order valence-electron chi connectivity index (χ2n) is 9.49. The molecule has 6 heteroatoms. The molecule has 3 N–H and O–H groups in total. The maximum Gasteiger partial charge on any atom is 0.228 e. The zero-order valence-corrected chi connectivity index (χ0v) is 19.8. The van der Waals surface area contributed by atoms with Crippen molar-refractivity contribution >= 4 is 22.5 Å². The molecule has 6 rings (SSSR count). The zero-order valence-electron chi connectivity index (χ0n) is 19.8. The monoisotopic (exact) mass is 467 g/mol. The van der Waals surface area contributed by atoms with Gasteiger partial charge in [-0.3, -0.25) is 4.79 Å². The van der Waals surface area contributed by atoms with Gasteiger partial charge in [0, 0.05) is 54.3 Å². The number of anilines is 1. The minimum Gasteiger partial charge on any atom is -0.462 e. The number of aryl methyl sites for hydroxylation is 1. The third-order valence-electron chi connectivity index (χ3n) is 7.05. The van der Waals surface area contributed by atoms with E-state index in [1.807, 2.05) is 36.5 Å². The summed E-state index contributed by atoms with van der Waals surface area (Å²) in [5.41, 5.74) is 7.20. The van der Waals surface area contributed by atoms with Crippen LogP contribution in [0.5, 0.6) is 5.75 Å². The normalized spacial score (nSPS) is 16.6. The fourth-order valence-electron chi connectivity index (χ4n) is 5.13. The molecular formula is C29H29N3O3. The molecule has 0 aliphatic carbocycles. The van der Waals surface area contributed by atoms with Crippen LogP contribution in [0.2, 0.25) is 0 Å². The topological polar surface area (TPSA) is 75.4 Å². The molecule has 0 atom stereocenters. The second kappa shape index (κ2) is 8.87. The van der Waals surface area contributed by atoms with Crippen molar-refractivity contribution < 1.29 is 14.3 Å². The third kappa shape index (κ3) is 4.31. The van der Waals surface area contributed by atoms with Gasteiger partial charge in [-0.15, -0.1) is 0 Å². The van der Waals surface area contributed by atoms with Crippen molar-refractivity contribution in [1.29, 1.82) is 0 Å². The van der Waals surface area contributed by atoms with E-state index < -0.39 is 5.79 Å². The van der Waals surface area contributed by atoms with Crippen molar-refractivity contribution in [3.63, 3.8) is 0 Å². The first-order valence-electron chi connectivity index (χ1n) is 12.2. The van der Waals surface area contributed by atoms with E-state index in [-0.39, 0.29) is 5.91 Å². The van der Waals surface area contributed by atoms with E-state index in [0.717, 1.165) is 70.5 Å². The van der Waals surface area contributed by atoms with Crippen LogP contribution in [0.15, 0.2) is 66.9 Å². The summed E-state index contributed by atoms with van der Waals surface area (Å²) in [6.07, 6.45) is 3.96. The Morgan fingerprint density at radius 3 is 2.74 bits per heavy atom.